The summed E-state index contributed by atoms with van der Waals surface area (Å²) in [6.45, 7) is 1.79. The molecule has 0 amide bonds. The predicted octanol–water partition coefficient (Wildman–Crippen LogP) is 3.35. The van der Waals surface area contributed by atoms with E-state index < -0.39 is 0 Å². The van der Waals surface area contributed by atoms with E-state index in [0.29, 0.717) is 5.56 Å². The second-order valence-corrected chi connectivity index (χ2v) is 5.21. The van der Waals surface area contributed by atoms with Gasteiger partial charge in [0.05, 0.1) is 11.6 Å². The van der Waals surface area contributed by atoms with Crippen LogP contribution in [-0.2, 0) is 4.74 Å². The van der Waals surface area contributed by atoms with Gasteiger partial charge in [0.2, 0.25) is 0 Å². The first-order valence-electron chi connectivity index (χ1n) is 6.61. The summed E-state index contributed by atoms with van der Waals surface area (Å²) >= 11 is 0. The van der Waals surface area contributed by atoms with E-state index in [4.69, 9.17) is 4.74 Å². The third-order valence-corrected chi connectivity index (χ3v) is 4.20. The molecule has 0 radical (unpaired) electrons. The molecule has 0 heterocycles. The number of benzene rings is 1. The van der Waals surface area contributed by atoms with E-state index in [9.17, 15) is 4.39 Å². The molecule has 1 aliphatic rings. The van der Waals surface area contributed by atoms with Crippen molar-refractivity contribution in [1.82, 2.24) is 5.32 Å². The summed E-state index contributed by atoms with van der Waals surface area (Å²) in [5.74, 6) is -0.142. The molecule has 1 atom stereocenters. The van der Waals surface area contributed by atoms with Crippen LogP contribution >= 0.6 is 0 Å². The van der Waals surface area contributed by atoms with E-state index in [0.717, 1.165) is 18.4 Å². The van der Waals surface area contributed by atoms with Gasteiger partial charge in [-0.1, -0.05) is 25.0 Å². The van der Waals surface area contributed by atoms with Crippen LogP contribution in [0.15, 0.2) is 18.2 Å². The number of halogens is 1. The van der Waals surface area contributed by atoms with Gasteiger partial charge in [0.1, 0.15) is 5.82 Å². The molecule has 0 spiro atoms. The van der Waals surface area contributed by atoms with Gasteiger partial charge in [-0.15, -0.1) is 0 Å². The van der Waals surface area contributed by atoms with E-state index in [-0.39, 0.29) is 17.5 Å². The molecule has 2 nitrogen and oxygen atoms in total. The highest BCUT2D eigenvalue weighted by Gasteiger charge is 2.41. The lowest BCUT2D eigenvalue weighted by Gasteiger charge is -2.36. The van der Waals surface area contributed by atoms with E-state index in [2.05, 4.69) is 5.32 Å². The van der Waals surface area contributed by atoms with Gasteiger partial charge in [-0.2, -0.15) is 0 Å². The molecule has 0 saturated heterocycles. The molecule has 100 valence electrons. The molecule has 1 aromatic rings. The third kappa shape index (κ3) is 2.29. The van der Waals surface area contributed by atoms with E-state index in [1.165, 1.54) is 12.8 Å². The number of aryl methyl sites for hydroxylation is 1. The minimum absolute atomic E-state index is 0.0556. The summed E-state index contributed by atoms with van der Waals surface area (Å²) in [7, 11) is 3.68. The lowest BCUT2D eigenvalue weighted by atomic mass is 9.86. The lowest BCUT2D eigenvalue weighted by Crippen LogP contribution is -2.42. The molecule has 0 aromatic heterocycles. The van der Waals surface area contributed by atoms with E-state index in [1.807, 2.05) is 19.2 Å². The molecule has 0 bridgehead atoms. The summed E-state index contributed by atoms with van der Waals surface area (Å²) in [5.41, 5.74) is 1.48. The average molecular weight is 251 g/mol. The Hall–Kier alpha value is -0.930. The van der Waals surface area contributed by atoms with Gasteiger partial charge < -0.3 is 10.1 Å². The smallest absolute Gasteiger partial charge is 0.126 e. The van der Waals surface area contributed by atoms with Crippen molar-refractivity contribution in [2.24, 2.45) is 0 Å². The van der Waals surface area contributed by atoms with Gasteiger partial charge in [-0.3, -0.25) is 0 Å². The number of ether oxygens (including phenoxy) is 1. The molecular weight excluding hydrogens is 229 g/mol. The van der Waals surface area contributed by atoms with Crippen LogP contribution in [0.4, 0.5) is 4.39 Å². The second kappa shape index (κ2) is 5.37. The van der Waals surface area contributed by atoms with Gasteiger partial charge in [0.15, 0.2) is 0 Å². The lowest BCUT2D eigenvalue weighted by molar-refractivity contribution is -0.0349. The van der Waals surface area contributed by atoms with Crippen LogP contribution in [0.3, 0.4) is 0 Å². The Morgan fingerprint density at radius 2 is 2.00 bits per heavy atom. The third-order valence-electron chi connectivity index (χ3n) is 4.20. The minimum Gasteiger partial charge on any atom is -0.376 e. The summed E-state index contributed by atoms with van der Waals surface area (Å²) < 4.78 is 19.5. The van der Waals surface area contributed by atoms with Crippen molar-refractivity contribution >= 4 is 0 Å². The maximum Gasteiger partial charge on any atom is 0.126 e. The molecule has 18 heavy (non-hydrogen) atoms. The molecule has 1 fully saturated rings. The molecular formula is C15H22FNO. The molecule has 2 rings (SSSR count). The van der Waals surface area contributed by atoms with Gasteiger partial charge in [0, 0.05) is 7.11 Å². The second-order valence-electron chi connectivity index (χ2n) is 5.21. The normalized spacial score (nSPS) is 20.0. The van der Waals surface area contributed by atoms with Crippen molar-refractivity contribution in [2.75, 3.05) is 14.2 Å². The van der Waals surface area contributed by atoms with Crippen LogP contribution in [0.1, 0.15) is 42.9 Å². The van der Waals surface area contributed by atoms with Crippen molar-refractivity contribution < 1.29 is 9.13 Å². The van der Waals surface area contributed by atoms with Gasteiger partial charge in [-0.05, 0) is 44.0 Å². The van der Waals surface area contributed by atoms with Crippen LogP contribution in [-0.4, -0.2) is 19.8 Å². The molecule has 0 aliphatic heterocycles. The van der Waals surface area contributed by atoms with Crippen LogP contribution in [0.2, 0.25) is 0 Å². The SMILES string of the molecule is CNC(c1ccc(C)c(F)c1)C1(OC)CCCC1. The van der Waals surface area contributed by atoms with Crippen molar-refractivity contribution in [3.8, 4) is 0 Å². The highest BCUT2D eigenvalue weighted by Crippen LogP contribution is 2.42. The highest BCUT2D eigenvalue weighted by atomic mass is 19.1. The first-order chi connectivity index (χ1) is 8.63. The minimum atomic E-state index is -0.184. The molecule has 1 aromatic carbocycles. The van der Waals surface area contributed by atoms with Gasteiger partial charge >= 0.3 is 0 Å². The Morgan fingerprint density at radius 1 is 1.33 bits per heavy atom. The highest BCUT2D eigenvalue weighted by molar-refractivity contribution is 5.28. The van der Waals surface area contributed by atoms with Crippen molar-refractivity contribution in [2.45, 2.75) is 44.2 Å². The van der Waals surface area contributed by atoms with Crippen LogP contribution in [0.25, 0.3) is 0 Å². The fourth-order valence-electron chi connectivity index (χ4n) is 3.11. The number of hydrogen-bond acceptors (Lipinski definition) is 2. The first kappa shape index (κ1) is 13.5. The van der Waals surface area contributed by atoms with E-state index >= 15 is 0 Å². The standard InChI is InChI=1S/C15H22FNO/c1-11-6-7-12(10-13(11)16)14(17-2)15(18-3)8-4-5-9-15/h6-7,10,14,17H,4-5,8-9H2,1-3H3. The monoisotopic (exact) mass is 251 g/mol. The van der Waals surface area contributed by atoms with E-state index in [1.54, 1.807) is 20.1 Å². The molecule has 1 unspecified atom stereocenters. The zero-order chi connectivity index (χ0) is 13.2. The Balaban J connectivity index is 2.34. The largest absolute Gasteiger partial charge is 0.376 e. The van der Waals surface area contributed by atoms with Gasteiger partial charge in [0.25, 0.3) is 0 Å². The number of likely N-dealkylation sites (N-methyl/N-ethyl adjacent to an activating group) is 1. The predicted molar refractivity (Wildman–Crippen MR) is 71.1 cm³/mol. The Labute approximate surface area is 109 Å². The fourth-order valence-corrected chi connectivity index (χ4v) is 3.11. The Morgan fingerprint density at radius 3 is 2.50 bits per heavy atom. The molecule has 1 N–H and O–H groups in total. The Bertz CT molecular complexity index is 413. The molecule has 1 saturated carbocycles. The van der Waals surface area contributed by atoms with Crippen LogP contribution in [0.5, 0.6) is 0 Å². The number of nitrogens with one attached hydrogen (secondary N) is 1. The summed E-state index contributed by atoms with van der Waals surface area (Å²) in [4.78, 5) is 0. The number of methoxy groups -OCH3 is 1. The Kier molecular flexibility index (Phi) is 4.03. The zero-order valence-corrected chi connectivity index (χ0v) is 11.4. The van der Waals surface area contributed by atoms with Crippen LogP contribution < -0.4 is 5.32 Å². The summed E-state index contributed by atoms with van der Waals surface area (Å²) in [6, 6.07) is 5.53. The quantitative estimate of drug-likeness (QED) is 0.886. The topological polar surface area (TPSA) is 21.3 Å². The zero-order valence-electron chi connectivity index (χ0n) is 11.4. The van der Waals surface area contributed by atoms with Crippen molar-refractivity contribution in [3.05, 3.63) is 35.1 Å². The first-order valence-corrected chi connectivity index (χ1v) is 6.61. The fraction of sp³-hybridized carbons (Fsp3) is 0.600. The van der Waals surface area contributed by atoms with Crippen molar-refractivity contribution in [1.29, 1.82) is 0 Å². The number of hydrogen-bond donors (Lipinski definition) is 1. The molecule has 3 heteroatoms. The van der Waals surface area contributed by atoms with Gasteiger partial charge in [-0.25, -0.2) is 4.39 Å². The van der Waals surface area contributed by atoms with Crippen molar-refractivity contribution in [3.63, 3.8) is 0 Å². The molecule has 1 aliphatic carbocycles. The number of rotatable bonds is 4. The maximum atomic E-state index is 13.7. The maximum absolute atomic E-state index is 13.7. The average Bonchev–Trinajstić information content (AvgIpc) is 2.84. The summed E-state index contributed by atoms with van der Waals surface area (Å²) in [6.07, 6.45) is 4.43. The van der Waals surface area contributed by atoms with Crippen LogP contribution in [0, 0.1) is 12.7 Å². The summed E-state index contributed by atoms with van der Waals surface area (Å²) in [5, 5.41) is 3.31.